The van der Waals surface area contributed by atoms with Crippen LogP contribution in [0.4, 0.5) is 0 Å². The third-order valence-corrected chi connectivity index (χ3v) is 14.6. The highest BCUT2D eigenvalue weighted by atomic mass is 16.5. The summed E-state index contributed by atoms with van der Waals surface area (Å²) >= 11 is 0. The van der Waals surface area contributed by atoms with Gasteiger partial charge in [0.2, 0.25) is 0 Å². The molecule has 6 aliphatic rings. The first-order valence-corrected chi connectivity index (χ1v) is 16.0. The van der Waals surface area contributed by atoms with Crippen LogP contribution in [0.5, 0.6) is 0 Å². The number of carboxylic acid groups (broad SMARTS) is 1. The summed E-state index contributed by atoms with van der Waals surface area (Å²) in [6.07, 6.45) is 17.1. The summed E-state index contributed by atoms with van der Waals surface area (Å²) in [5.74, 6) is 0.644. The van der Waals surface area contributed by atoms with Gasteiger partial charge in [-0.3, -0.25) is 4.79 Å². The van der Waals surface area contributed by atoms with Crippen molar-refractivity contribution in [3.8, 4) is 0 Å². The molecule has 4 heteroatoms. The fourth-order valence-electron chi connectivity index (χ4n) is 11.6. The molecule has 2 N–H and O–H groups in total. The van der Waals surface area contributed by atoms with Gasteiger partial charge < -0.3 is 14.9 Å². The maximum atomic E-state index is 12.9. The van der Waals surface area contributed by atoms with Gasteiger partial charge in [-0.2, -0.15) is 0 Å². The maximum Gasteiger partial charge on any atom is 0.310 e. The van der Waals surface area contributed by atoms with E-state index in [9.17, 15) is 15.0 Å². The predicted molar refractivity (Wildman–Crippen MR) is 151 cm³/mol. The molecule has 214 valence electrons. The minimum Gasteiger partial charge on any atom is -0.481 e. The SMILES string of the molecule is CC1(C)CC[C@]2(C(=O)O)CC[C@]3(C)C(=CCC4[C@@]5(C)CC[C@H](OC6CCC6)[C@@](C)(CO)C5CC[C@]43C)[C@@H]2C1. The Kier molecular flexibility index (Phi) is 6.16. The van der Waals surface area contributed by atoms with Crippen LogP contribution in [-0.2, 0) is 9.53 Å². The lowest BCUT2D eigenvalue weighted by molar-refractivity contribution is -0.236. The van der Waals surface area contributed by atoms with Gasteiger partial charge in [0, 0.05) is 5.41 Å². The molecule has 0 aliphatic heterocycles. The second kappa shape index (κ2) is 8.57. The molecule has 9 atom stereocenters. The lowest BCUT2D eigenvalue weighted by atomic mass is 9.33. The predicted octanol–water partition coefficient (Wildman–Crippen LogP) is 7.78. The smallest absolute Gasteiger partial charge is 0.310 e. The van der Waals surface area contributed by atoms with E-state index in [0.29, 0.717) is 17.9 Å². The summed E-state index contributed by atoms with van der Waals surface area (Å²) in [4.78, 5) is 12.9. The summed E-state index contributed by atoms with van der Waals surface area (Å²) in [7, 11) is 0. The summed E-state index contributed by atoms with van der Waals surface area (Å²) in [5, 5.41) is 21.5. The van der Waals surface area contributed by atoms with Crippen molar-refractivity contribution in [2.24, 2.45) is 50.2 Å². The lowest BCUT2D eigenvalue weighted by Gasteiger charge is -2.71. The van der Waals surface area contributed by atoms with E-state index in [1.807, 2.05) is 0 Å². The summed E-state index contributed by atoms with van der Waals surface area (Å²) < 4.78 is 6.68. The average Bonchev–Trinajstić information content (AvgIpc) is 2.82. The lowest BCUT2D eigenvalue weighted by Crippen LogP contribution is -2.66. The Balaban J connectivity index is 1.37. The molecule has 5 saturated carbocycles. The van der Waals surface area contributed by atoms with Crippen LogP contribution in [0.3, 0.4) is 0 Å². The van der Waals surface area contributed by atoms with Crippen molar-refractivity contribution in [2.75, 3.05) is 6.61 Å². The average molecular weight is 527 g/mol. The number of fused-ring (bicyclic) bond motifs is 7. The van der Waals surface area contributed by atoms with Crippen LogP contribution >= 0.6 is 0 Å². The van der Waals surface area contributed by atoms with Gasteiger partial charge in [-0.05, 0) is 123 Å². The Hall–Kier alpha value is -0.870. The van der Waals surface area contributed by atoms with E-state index in [-0.39, 0.29) is 45.7 Å². The van der Waals surface area contributed by atoms with Crippen molar-refractivity contribution in [1.82, 2.24) is 0 Å². The molecule has 5 fully saturated rings. The van der Waals surface area contributed by atoms with Gasteiger partial charge in [0.15, 0.2) is 0 Å². The molecule has 0 radical (unpaired) electrons. The molecule has 0 aromatic rings. The number of aliphatic hydroxyl groups excluding tert-OH is 1. The number of hydrogen-bond donors (Lipinski definition) is 2. The first kappa shape index (κ1) is 27.3. The minimum absolute atomic E-state index is 0.0514. The molecule has 0 bridgehead atoms. The van der Waals surface area contributed by atoms with Crippen molar-refractivity contribution >= 4 is 5.97 Å². The zero-order valence-electron chi connectivity index (χ0n) is 25.1. The number of carbonyl (C=O) groups is 1. The number of hydrogen-bond acceptors (Lipinski definition) is 3. The number of carboxylic acids is 1. The van der Waals surface area contributed by atoms with E-state index in [2.05, 4.69) is 47.6 Å². The molecule has 0 heterocycles. The Morgan fingerprint density at radius 1 is 0.921 bits per heavy atom. The zero-order valence-corrected chi connectivity index (χ0v) is 25.1. The minimum atomic E-state index is -0.572. The van der Waals surface area contributed by atoms with E-state index in [1.165, 1.54) is 37.7 Å². The fourth-order valence-corrected chi connectivity index (χ4v) is 11.6. The molecule has 38 heavy (non-hydrogen) atoms. The summed E-state index contributed by atoms with van der Waals surface area (Å²) in [6.45, 7) is 14.9. The van der Waals surface area contributed by atoms with Crippen LogP contribution in [0.15, 0.2) is 11.6 Å². The summed E-state index contributed by atoms with van der Waals surface area (Å²) in [6, 6.07) is 0. The fraction of sp³-hybridized carbons (Fsp3) is 0.912. The van der Waals surface area contributed by atoms with E-state index in [4.69, 9.17) is 4.74 Å². The Bertz CT molecular complexity index is 1010. The van der Waals surface area contributed by atoms with Crippen LogP contribution < -0.4 is 0 Å². The van der Waals surface area contributed by atoms with Gasteiger partial charge in [0.25, 0.3) is 0 Å². The van der Waals surface area contributed by atoms with Gasteiger partial charge in [-0.25, -0.2) is 0 Å². The van der Waals surface area contributed by atoms with Gasteiger partial charge in [0.1, 0.15) is 0 Å². The van der Waals surface area contributed by atoms with Crippen LogP contribution in [0.25, 0.3) is 0 Å². The number of aliphatic hydroxyl groups is 1. The number of rotatable bonds is 4. The first-order valence-electron chi connectivity index (χ1n) is 16.0. The standard InChI is InChI=1S/C34H54O4/c1-29(2)16-18-34(28(36)37)19-17-32(5)23(24(34)20-29)10-11-26-30(3)14-13-27(38-22-8-7-9-22)31(4,21-35)25(30)12-15-33(26,32)6/h10,22,24-27,35H,7-9,11-21H2,1-6H3,(H,36,37)/t24-,25?,26?,27-,30-,31-,32+,33+,34-/m0/s1. The Labute approximate surface area is 231 Å². The zero-order chi connectivity index (χ0) is 27.4. The van der Waals surface area contributed by atoms with Crippen molar-refractivity contribution < 1.29 is 19.7 Å². The van der Waals surface area contributed by atoms with Crippen molar-refractivity contribution in [3.05, 3.63) is 11.6 Å². The van der Waals surface area contributed by atoms with E-state index in [0.717, 1.165) is 51.4 Å². The number of aliphatic carboxylic acids is 1. The highest BCUT2D eigenvalue weighted by Crippen LogP contribution is 2.76. The van der Waals surface area contributed by atoms with Crippen LogP contribution in [0, 0.1) is 50.2 Å². The number of allylic oxidation sites excluding steroid dienone is 2. The largest absolute Gasteiger partial charge is 0.481 e. The summed E-state index contributed by atoms with van der Waals surface area (Å²) in [5.41, 5.74) is 1.33. The topological polar surface area (TPSA) is 66.8 Å². The van der Waals surface area contributed by atoms with Gasteiger partial charge in [0.05, 0.1) is 24.2 Å². The molecule has 0 amide bonds. The maximum absolute atomic E-state index is 12.9. The normalized spacial score (nSPS) is 51.9. The second-order valence-electron chi connectivity index (χ2n) is 16.6. The second-order valence-corrected chi connectivity index (χ2v) is 16.6. The molecule has 0 saturated heterocycles. The van der Waals surface area contributed by atoms with Gasteiger partial charge in [-0.1, -0.05) is 53.2 Å². The molecule has 6 aliphatic carbocycles. The van der Waals surface area contributed by atoms with Crippen molar-refractivity contribution in [1.29, 1.82) is 0 Å². The van der Waals surface area contributed by atoms with Crippen LogP contribution in [0.2, 0.25) is 0 Å². The van der Waals surface area contributed by atoms with E-state index in [1.54, 1.807) is 0 Å². The molecule has 2 unspecified atom stereocenters. The number of ether oxygens (including phenoxy) is 1. The molecule has 6 rings (SSSR count). The van der Waals surface area contributed by atoms with Gasteiger partial charge in [-0.15, -0.1) is 0 Å². The third kappa shape index (κ3) is 3.44. The molecular weight excluding hydrogens is 472 g/mol. The monoisotopic (exact) mass is 526 g/mol. The molecule has 4 nitrogen and oxygen atoms in total. The molecule has 0 spiro atoms. The Morgan fingerprint density at radius 2 is 1.63 bits per heavy atom. The van der Waals surface area contributed by atoms with Crippen LogP contribution in [-0.4, -0.2) is 35.0 Å². The van der Waals surface area contributed by atoms with Crippen LogP contribution in [0.1, 0.15) is 125 Å². The van der Waals surface area contributed by atoms with Crippen molar-refractivity contribution in [2.45, 2.75) is 137 Å². The Morgan fingerprint density at radius 3 is 2.26 bits per heavy atom. The quantitative estimate of drug-likeness (QED) is 0.367. The van der Waals surface area contributed by atoms with Crippen molar-refractivity contribution in [3.63, 3.8) is 0 Å². The molecular formula is C34H54O4. The van der Waals surface area contributed by atoms with E-state index < -0.39 is 11.4 Å². The molecule has 0 aromatic carbocycles. The third-order valence-electron chi connectivity index (χ3n) is 14.6. The van der Waals surface area contributed by atoms with Gasteiger partial charge >= 0.3 is 5.97 Å². The van der Waals surface area contributed by atoms with E-state index >= 15 is 0 Å². The highest BCUT2D eigenvalue weighted by Gasteiger charge is 2.69. The highest BCUT2D eigenvalue weighted by molar-refractivity contribution is 5.76. The molecule has 0 aromatic heterocycles. The first-order chi connectivity index (χ1) is 17.8.